The highest BCUT2D eigenvalue weighted by molar-refractivity contribution is 7.13. The fraction of sp³-hybridized carbons (Fsp3) is 0.222. The van der Waals surface area contributed by atoms with Crippen LogP contribution in [0.4, 0.5) is 0 Å². The second-order valence-electron chi connectivity index (χ2n) is 5.79. The van der Waals surface area contributed by atoms with E-state index in [1.807, 2.05) is 36.6 Å². The van der Waals surface area contributed by atoms with Gasteiger partial charge in [0, 0.05) is 36.2 Å². The first kappa shape index (κ1) is 17.8. The third-order valence-electron chi connectivity index (χ3n) is 3.87. The lowest BCUT2D eigenvalue weighted by atomic mass is 10.1. The zero-order valence-electron chi connectivity index (χ0n) is 14.2. The second-order valence-corrected chi connectivity index (χ2v) is 6.65. The molecule has 26 heavy (non-hydrogen) atoms. The van der Waals surface area contributed by atoms with Gasteiger partial charge in [-0.15, -0.1) is 11.3 Å². The van der Waals surface area contributed by atoms with Crippen LogP contribution in [0.2, 0.25) is 0 Å². The number of aromatic nitrogens is 3. The Kier molecular flexibility index (Phi) is 5.43. The Balaban J connectivity index is 1.54. The molecule has 0 spiro atoms. The van der Waals surface area contributed by atoms with E-state index < -0.39 is 11.2 Å². The number of thiazole rings is 1. The van der Waals surface area contributed by atoms with E-state index in [9.17, 15) is 14.4 Å². The molecule has 0 atom stereocenters. The fourth-order valence-electron chi connectivity index (χ4n) is 2.44. The van der Waals surface area contributed by atoms with Crippen molar-refractivity contribution in [1.29, 1.82) is 0 Å². The van der Waals surface area contributed by atoms with Crippen molar-refractivity contribution in [2.45, 2.75) is 26.4 Å². The minimum atomic E-state index is -0.521. The Hall–Kier alpha value is -3.00. The Bertz CT molecular complexity index is 1030. The van der Waals surface area contributed by atoms with Crippen LogP contribution in [0.3, 0.4) is 0 Å². The van der Waals surface area contributed by atoms with Crippen molar-refractivity contribution >= 4 is 17.2 Å². The van der Waals surface area contributed by atoms with Crippen molar-refractivity contribution in [3.8, 4) is 10.6 Å². The van der Waals surface area contributed by atoms with Gasteiger partial charge in [0.1, 0.15) is 5.01 Å². The van der Waals surface area contributed by atoms with Crippen LogP contribution in [-0.2, 0) is 17.9 Å². The zero-order chi connectivity index (χ0) is 18.5. The molecule has 2 heterocycles. The number of amides is 1. The van der Waals surface area contributed by atoms with Gasteiger partial charge >= 0.3 is 5.69 Å². The van der Waals surface area contributed by atoms with Crippen LogP contribution in [0.25, 0.3) is 10.6 Å². The molecular formula is C18H18N4O3S. The Labute approximate surface area is 153 Å². The maximum atomic E-state index is 12.0. The van der Waals surface area contributed by atoms with Gasteiger partial charge in [-0.2, -0.15) is 0 Å². The second kappa shape index (κ2) is 7.92. The van der Waals surface area contributed by atoms with E-state index in [1.54, 1.807) is 11.3 Å². The number of nitrogens with one attached hydrogen (secondary N) is 2. The van der Waals surface area contributed by atoms with E-state index in [4.69, 9.17) is 0 Å². The molecular weight excluding hydrogens is 352 g/mol. The number of aryl methyl sites for hydroxylation is 2. The highest BCUT2D eigenvalue weighted by Gasteiger charge is 2.08. The number of nitrogens with zero attached hydrogens (tertiary/aromatic N) is 2. The van der Waals surface area contributed by atoms with Crippen LogP contribution in [0.1, 0.15) is 17.7 Å². The molecule has 0 aliphatic heterocycles. The fourth-order valence-corrected chi connectivity index (χ4v) is 3.35. The molecule has 2 N–H and O–H groups in total. The highest BCUT2D eigenvalue weighted by Crippen LogP contribution is 2.26. The lowest BCUT2D eigenvalue weighted by Gasteiger charge is -2.05. The van der Waals surface area contributed by atoms with Crippen molar-refractivity contribution in [2.24, 2.45) is 0 Å². The molecule has 3 rings (SSSR count). The molecule has 8 heteroatoms. The number of rotatable bonds is 6. The minimum Gasteiger partial charge on any atom is -0.350 e. The number of carbonyl (C=O) groups is 1. The lowest BCUT2D eigenvalue weighted by Crippen LogP contribution is -2.31. The smallest absolute Gasteiger partial charge is 0.328 e. The molecule has 0 saturated carbocycles. The average Bonchev–Trinajstić information content (AvgIpc) is 3.08. The maximum Gasteiger partial charge on any atom is 0.328 e. The number of carbonyl (C=O) groups excluding carboxylic acids is 1. The molecule has 0 fully saturated rings. The van der Waals surface area contributed by atoms with E-state index in [0.717, 1.165) is 21.8 Å². The van der Waals surface area contributed by atoms with Crippen LogP contribution in [0.15, 0.2) is 51.5 Å². The molecule has 7 nitrogen and oxygen atoms in total. The van der Waals surface area contributed by atoms with Crippen molar-refractivity contribution in [1.82, 2.24) is 19.9 Å². The van der Waals surface area contributed by atoms with Crippen LogP contribution in [-0.4, -0.2) is 20.4 Å². The Morgan fingerprint density at radius 3 is 2.85 bits per heavy atom. The maximum absolute atomic E-state index is 12.0. The Morgan fingerprint density at radius 2 is 2.08 bits per heavy atom. The number of hydrogen-bond donors (Lipinski definition) is 2. The topological polar surface area (TPSA) is 96.8 Å². The molecule has 0 aliphatic rings. The molecule has 1 aromatic carbocycles. The molecule has 2 aromatic heterocycles. The molecule has 0 saturated heterocycles. The van der Waals surface area contributed by atoms with Crippen LogP contribution < -0.4 is 16.6 Å². The van der Waals surface area contributed by atoms with Gasteiger partial charge in [-0.3, -0.25) is 14.6 Å². The van der Waals surface area contributed by atoms with Crippen LogP contribution in [0.5, 0.6) is 0 Å². The normalized spacial score (nSPS) is 10.7. The van der Waals surface area contributed by atoms with Crippen molar-refractivity contribution in [3.63, 3.8) is 0 Å². The summed E-state index contributed by atoms with van der Waals surface area (Å²) in [5.74, 6) is -0.187. The van der Waals surface area contributed by atoms with E-state index in [-0.39, 0.29) is 18.9 Å². The van der Waals surface area contributed by atoms with Crippen LogP contribution in [0, 0.1) is 6.92 Å². The SMILES string of the molecule is Cc1ccccc1-c1nc(CNC(=O)CCn2ccc(=O)[nH]c2=O)cs1. The summed E-state index contributed by atoms with van der Waals surface area (Å²) in [5, 5.41) is 5.65. The van der Waals surface area contributed by atoms with Gasteiger partial charge in [0.2, 0.25) is 5.91 Å². The first-order chi connectivity index (χ1) is 12.5. The zero-order valence-corrected chi connectivity index (χ0v) is 15.0. The number of hydrogen-bond acceptors (Lipinski definition) is 5. The molecule has 0 aliphatic carbocycles. The summed E-state index contributed by atoms with van der Waals surface area (Å²) in [4.78, 5) is 41.3. The van der Waals surface area contributed by atoms with Gasteiger partial charge in [0.15, 0.2) is 0 Å². The molecule has 0 bridgehead atoms. The van der Waals surface area contributed by atoms with Gasteiger partial charge in [0.05, 0.1) is 12.2 Å². The number of aromatic amines is 1. The third kappa shape index (κ3) is 4.34. The number of H-pyrrole nitrogens is 1. The summed E-state index contributed by atoms with van der Waals surface area (Å²) in [6.45, 7) is 2.58. The highest BCUT2D eigenvalue weighted by atomic mass is 32.1. The number of benzene rings is 1. The molecule has 0 unspecified atom stereocenters. The molecule has 0 radical (unpaired) electrons. The summed E-state index contributed by atoms with van der Waals surface area (Å²) in [6.07, 6.45) is 1.52. The summed E-state index contributed by atoms with van der Waals surface area (Å²) in [5.41, 5.74) is 2.07. The quantitative estimate of drug-likeness (QED) is 0.690. The lowest BCUT2D eigenvalue weighted by molar-refractivity contribution is -0.121. The Morgan fingerprint density at radius 1 is 1.27 bits per heavy atom. The summed E-state index contributed by atoms with van der Waals surface area (Å²) >= 11 is 1.54. The summed E-state index contributed by atoms with van der Waals surface area (Å²) in [6, 6.07) is 9.28. The van der Waals surface area contributed by atoms with Crippen molar-refractivity contribution in [2.75, 3.05) is 0 Å². The molecule has 134 valence electrons. The van der Waals surface area contributed by atoms with E-state index in [1.165, 1.54) is 16.8 Å². The largest absolute Gasteiger partial charge is 0.350 e. The van der Waals surface area contributed by atoms with E-state index >= 15 is 0 Å². The third-order valence-corrected chi connectivity index (χ3v) is 4.79. The molecule has 1 amide bonds. The van der Waals surface area contributed by atoms with Gasteiger partial charge in [-0.1, -0.05) is 24.3 Å². The first-order valence-electron chi connectivity index (χ1n) is 8.10. The van der Waals surface area contributed by atoms with E-state index in [2.05, 4.69) is 15.3 Å². The summed E-state index contributed by atoms with van der Waals surface area (Å²) < 4.78 is 1.29. The standard InChI is InChI=1S/C18H18N4O3S/c1-12-4-2-3-5-14(12)17-20-13(11-26-17)10-19-15(23)6-8-22-9-7-16(24)21-18(22)25/h2-5,7,9,11H,6,8,10H2,1H3,(H,19,23)(H,21,24,25). The average molecular weight is 370 g/mol. The van der Waals surface area contributed by atoms with Crippen LogP contribution >= 0.6 is 11.3 Å². The predicted octanol–water partition coefficient (Wildman–Crippen LogP) is 1.68. The monoisotopic (exact) mass is 370 g/mol. The van der Waals surface area contributed by atoms with E-state index in [0.29, 0.717) is 6.54 Å². The van der Waals surface area contributed by atoms with Crippen molar-refractivity contribution in [3.05, 3.63) is 74.0 Å². The van der Waals surface area contributed by atoms with Gasteiger partial charge < -0.3 is 9.88 Å². The van der Waals surface area contributed by atoms with Crippen molar-refractivity contribution < 1.29 is 4.79 Å². The first-order valence-corrected chi connectivity index (χ1v) is 8.98. The minimum absolute atomic E-state index is 0.140. The van der Waals surface area contributed by atoms with Gasteiger partial charge in [-0.05, 0) is 12.5 Å². The molecule has 3 aromatic rings. The van der Waals surface area contributed by atoms with Gasteiger partial charge in [-0.25, -0.2) is 9.78 Å². The predicted molar refractivity (Wildman–Crippen MR) is 100 cm³/mol. The summed E-state index contributed by atoms with van der Waals surface area (Å²) in [7, 11) is 0. The van der Waals surface area contributed by atoms with Gasteiger partial charge in [0.25, 0.3) is 5.56 Å².